The highest BCUT2D eigenvalue weighted by Gasteiger charge is 2.41. The van der Waals surface area contributed by atoms with Crippen molar-refractivity contribution in [2.45, 2.75) is 51.7 Å². The Morgan fingerprint density at radius 3 is 1.34 bits per heavy atom. The van der Waals surface area contributed by atoms with Crippen molar-refractivity contribution in [2.75, 3.05) is 0 Å². The van der Waals surface area contributed by atoms with Crippen molar-refractivity contribution < 1.29 is 4.74 Å². The van der Waals surface area contributed by atoms with Crippen LogP contribution >= 0.6 is 0 Å². The van der Waals surface area contributed by atoms with E-state index in [4.69, 9.17) is 4.74 Å². The molecule has 0 aliphatic rings. The number of hydrogen-bond donors (Lipinski definition) is 0. The van der Waals surface area contributed by atoms with Gasteiger partial charge in [0.1, 0.15) is 11.2 Å². The molecule has 0 N–H and O–H groups in total. The van der Waals surface area contributed by atoms with E-state index in [0.717, 1.165) is 22.3 Å². The van der Waals surface area contributed by atoms with Gasteiger partial charge in [-0.15, -0.1) is 13.2 Å². The molecular weight excluding hydrogens is 352 g/mol. The van der Waals surface area contributed by atoms with Gasteiger partial charge in [0, 0.05) is 12.8 Å². The van der Waals surface area contributed by atoms with Crippen molar-refractivity contribution in [1.82, 2.24) is 0 Å². The second-order valence-electron chi connectivity index (χ2n) is 7.88. The first-order valence-corrected chi connectivity index (χ1v) is 10.2. The minimum Gasteiger partial charge on any atom is -0.350 e. The van der Waals surface area contributed by atoms with Crippen molar-refractivity contribution in [2.24, 2.45) is 0 Å². The van der Waals surface area contributed by atoms with Gasteiger partial charge >= 0.3 is 0 Å². The van der Waals surface area contributed by atoms with Crippen LogP contribution in [0.5, 0.6) is 0 Å². The van der Waals surface area contributed by atoms with Crippen molar-refractivity contribution in [3.63, 3.8) is 0 Å². The zero-order chi connectivity index (χ0) is 21.3. The Hall–Kier alpha value is -2.64. The van der Waals surface area contributed by atoms with Crippen LogP contribution in [0, 0.1) is 0 Å². The van der Waals surface area contributed by atoms with Gasteiger partial charge in [-0.05, 0) is 38.8 Å². The first kappa shape index (κ1) is 22.6. The summed E-state index contributed by atoms with van der Waals surface area (Å²) in [6.45, 7) is 16.6. The van der Waals surface area contributed by atoms with Gasteiger partial charge < -0.3 is 4.74 Å². The van der Waals surface area contributed by atoms with E-state index in [1.54, 1.807) is 0 Å². The molecule has 0 fully saturated rings. The normalized spacial score (nSPS) is 15.9. The summed E-state index contributed by atoms with van der Waals surface area (Å²) >= 11 is 0. The zero-order valence-corrected chi connectivity index (χ0v) is 18.3. The van der Waals surface area contributed by atoms with E-state index in [2.05, 4.69) is 99.8 Å². The number of ether oxygens (including phenoxy) is 1. The first-order valence-electron chi connectivity index (χ1n) is 10.2. The average Bonchev–Trinajstić information content (AvgIpc) is 2.68. The molecular formula is C28H34O. The van der Waals surface area contributed by atoms with Gasteiger partial charge in [0.15, 0.2) is 0 Å². The molecule has 2 aromatic rings. The molecule has 1 heteroatoms. The van der Waals surface area contributed by atoms with Crippen LogP contribution in [0.2, 0.25) is 0 Å². The standard InChI is InChI=1S/C28H34O/c1-7-19-27(21-23(3)4,25-15-11-9-12-16-25)29-28(20-8-2,22-24(5)6)26-17-13-10-14-18-26/h7-20H,3,5,21-22H2,1-2,4,6H3. The molecule has 0 saturated carbocycles. The Morgan fingerprint density at radius 1 is 0.724 bits per heavy atom. The second kappa shape index (κ2) is 10.2. The third kappa shape index (κ3) is 5.68. The van der Waals surface area contributed by atoms with Gasteiger partial charge in [-0.1, -0.05) is 96.1 Å². The Kier molecular flexibility index (Phi) is 7.99. The van der Waals surface area contributed by atoms with Gasteiger partial charge in [-0.3, -0.25) is 0 Å². The minimum absolute atomic E-state index is 0.632. The van der Waals surface area contributed by atoms with E-state index in [1.165, 1.54) is 0 Å². The van der Waals surface area contributed by atoms with Crippen molar-refractivity contribution in [3.8, 4) is 0 Å². The lowest BCUT2D eigenvalue weighted by Gasteiger charge is -2.43. The van der Waals surface area contributed by atoms with Gasteiger partial charge in [0.05, 0.1) is 0 Å². The summed E-state index contributed by atoms with van der Waals surface area (Å²) in [5.74, 6) is 0. The molecule has 152 valence electrons. The third-order valence-electron chi connectivity index (χ3n) is 4.89. The van der Waals surface area contributed by atoms with Crippen molar-refractivity contribution in [3.05, 3.63) is 120 Å². The van der Waals surface area contributed by atoms with Gasteiger partial charge in [-0.25, -0.2) is 0 Å². The molecule has 29 heavy (non-hydrogen) atoms. The largest absolute Gasteiger partial charge is 0.350 e. The van der Waals surface area contributed by atoms with Crippen LogP contribution in [0.4, 0.5) is 0 Å². The number of benzene rings is 2. The van der Waals surface area contributed by atoms with Crippen molar-refractivity contribution in [1.29, 1.82) is 0 Å². The topological polar surface area (TPSA) is 9.23 Å². The summed E-state index contributed by atoms with van der Waals surface area (Å²) in [5.41, 5.74) is 3.12. The molecule has 0 aliphatic carbocycles. The molecule has 0 bridgehead atoms. The Balaban J connectivity index is 2.75. The Morgan fingerprint density at radius 2 is 1.07 bits per heavy atom. The predicted molar refractivity (Wildman–Crippen MR) is 126 cm³/mol. The fraction of sp³-hybridized carbons (Fsp3) is 0.286. The Bertz CT molecular complexity index is 786. The summed E-state index contributed by atoms with van der Waals surface area (Å²) in [6, 6.07) is 20.9. The lowest BCUT2D eigenvalue weighted by molar-refractivity contribution is -0.117. The smallest absolute Gasteiger partial charge is 0.117 e. The maximum Gasteiger partial charge on any atom is 0.117 e. The number of rotatable bonds is 10. The lowest BCUT2D eigenvalue weighted by Crippen LogP contribution is -2.39. The van der Waals surface area contributed by atoms with E-state index in [-0.39, 0.29) is 0 Å². The van der Waals surface area contributed by atoms with E-state index in [1.807, 2.05) is 26.0 Å². The monoisotopic (exact) mass is 386 g/mol. The van der Waals surface area contributed by atoms with Gasteiger partial charge in [0.2, 0.25) is 0 Å². The molecule has 0 spiro atoms. The van der Waals surface area contributed by atoms with E-state index in [0.29, 0.717) is 12.8 Å². The SMILES string of the molecule is C=C(C)CC(C=CC)(OC(C=CC)(CC(=C)C)c1ccccc1)c1ccccc1. The van der Waals surface area contributed by atoms with Crippen LogP contribution < -0.4 is 0 Å². The minimum atomic E-state index is -0.632. The van der Waals surface area contributed by atoms with Crippen LogP contribution in [0.25, 0.3) is 0 Å². The summed E-state index contributed by atoms with van der Waals surface area (Å²) in [7, 11) is 0. The summed E-state index contributed by atoms with van der Waals surface area (Å²) in [5, 5.41) is 0. The molecule has 0 saturated heterocycles. The molecule has 2 unspecified atom stereocenters. The highest BCUT2D eigenvalue weighted by molar-refractivity contribution is 5.35. The molecule has 0 aliphatic heterocycles. The van der Waals surface area contributed by atoms with Crippen LogP contribution in [-0.4, -0.2) is 0 Å². The quantitative estimate of drug-likeness (QED) is 0.377. The van der Waals surface area contributed by atoms with Gasteiger partial charge in [0.25, 0.3) is 0 Å². The highest BCUT2D eigenvalue weighted by atomic mass is 16.5. The van der Waals surface area contributed by atoms with E-state index in [9.17, 15) is 0 Å². The summed E-state index contributed by atoms with van der Waals surface area (Å²) in [4.78, 5) is 0. The van der Waals surface area contributed by atoms with E-state index >= 15 is 0 Å². The van der Waals surface area contributed by atoms with Crippen molar-refractivity contribution >= 4 is 0 Å². The summed E-state index contributed by atoms with van der Waals surface area (Å²) in [6.07, 6.45) is 9.87. The van der Waals surface area contributed by atoms with Crippen LogP contribution in [0.3, 0.4) is 0 Å². The molecule has 1 nitrogen and oxygen atoms in total. The molecule has 0 amide bonds. The third-order valence-corrected chi connectivity index (χ3v) is 4.89. The maximum absolute atomic E-state index is 7.21. The molecule has 2 atom stereocenters. The fourth-order valence-corrected chi connectivity index (χ4v) is 3.97. The maximum atomic E-state index is 7.21. The summed E-state index contributed by atoms with van der Waals surface area (Å²) < 4.78 is 7.21. The van der Waals surface area contributed by atoms with Crippen LogP contribution in [-0.2, 0) is 15.9 Å². The predicted octanol–water partition coefficient (Wildman–Crippen LogP) is 7.88. The number of hydrogen-bond acceptors (Lipinski definition) is 1. The molecule has 2 rings (SSSR count). The Labute approximate surface area is 177 Å². The van der Waals surface area contributed by atoms with Crippen LogP contribution in [0.1, 0.15) is 51.7 Å². The van der Waals surface area contributed by atoms with Gasteiger partial charge in [-0.2, -0.15) is 0 Å². The molecule has 0 heterocycles. The average molecular weight is 387 g/mol. The van der Waals surface area contributed by atoms with E-state index < -0.39 is 11.2 Å². The first-order chi connectivity index (χ1) is 13.9. The fourth-order valence-electron chi connectivity index (χ4n) is 3.97. The van der Waals surface area contributed by atoms with Crippen LogP contribution in [0.15, 0.2) is 109 Å². The number of allylic oxidation sites excluding steroid dienone is 2. The molecule has 0 radical (unpaired) electrons. The zero-order valence-electron chi connectivity index (χ0n) is 18.3. The molecule has 2 aromatic carbocycles. The molecule has 0 aromatic heterocycles. The second-order valence-corrected chi connectivity index (χ2v) is 7.88. The lowest BCUT2D eigenvalue weighted by atomic mass is 9.82. The highest BCUT2D eigenvalue weighted by Crippen LogP contribution is 2.45.